The van der Waals surface area contributed by atoms with Gasteiger partial charge in [0.15, 0.2) is 11.4 Å². The van der Waals surface area contributed by atoms with Crippen LogP contribution in [0.2, 0.25) is 0 Å². The zero-order valence-corrected chi connectivity index (χ0v) is 70.6. The maximum Gasteiger partial charge on any atom is 1.00 e. The fourth-order valence-electron chi connectivity index (χ4n) is 10.1. The van der Waals surface area contributed by atoms with Crippen molar-refractivity contribution in [1.82, 2.24) is 29.9 Å². The minimum Gasteiger partial charge on any atom is -0.744 e. The first-order chi connectivity index (χ1) is 52.3. The van der Waals surface area contributed by atoms with Crippen molar-refractivity contribution >= 4 is 167 Å². The van der Waals surface area contributed by atoms with E-state index >= 15 is 0 Å². The maximum absolute atomic E-state index is 14.7. The van der Waals surface area contributed by atoms with Gasteiger partial charge in [0.25, 0.3) is 11.8 Å². The monoisotopic (exact) mass is 1700 g/mol. The molecule has 2 unspecified atom stereocenters. The second-order valence-corrected chi connectivity index (χ2v) is 29.9. The van der Waals surface area contributed by atoms with Crippen LogP contribution in [0.5, 0.6) is 0 Å². The molecule has 12 rings (SSSR count). The van der Waals surface area contributed by atoms with Crippen LogP contribution in [0.1, 0.15) is 20.7 Å². The first kappa shape index (κ1) is 90.3. The number of benzene rings is 6. The van der Waals surface area contributed by atoms with Crippen molar-refractivity contribution in [2.75, 3.05) is 31.3 Å². The average Bonchev–Trinajstić information content (AvgIpc) is 1.63. The number of hydrazone groups is 2. The summed E-state index contributed by atoms with van der Waals surface area (Å²) in [6.07, 6.45) is 4.70. The molecule has 6 aromatic carbocycles. The zero-order valence-electron chi connectivity index (χ0n) is 58.5. The first-order valence-corrected chi connectivity index (χ1v) is 37.4. The smallest absolute Gasteiger partial charge is 0.744 e. The van der Waals surface area contributed by atoms with Crippen molar-refractivity contribution in [3.8, 4) is 11.9 Å². The van der Waals surface area contributed by atoms with Gasteiger partial charge in [0, 0.05) is 33.9 Å². The number of hydrogen-bond donors (Lipinski definition) is 6. The minimum atomic E-state index is -5.45. The van der Waals surface area contributed by atoms with Gasteiger partial charge in [-0.3, -0.25) is 9.59 Å². The van der Waals surface area contributed by atoms with Gasteiger partial charge in [-0.2, -0.15) is 40.7 Å². The number of sulfone groups is 1. The van der Waals surface area contributed by atoms with Gasteiger partial charge < -0.3 is 69.5 Å². The molecule has 115 heavy (non-hydrogen) atoms. The first-order valence-electron chi connectivity index (χ1n) is 30.3. The van der Waals surface area contributed by atoms with Gasteiger partial charge >= 0.3 is 166 Å². The number of aromatic carboxylic acids is 2. The number of azo groups is 2. The third-order valence-corrected chi connectivity index (χ3v) is 20.3. The second-order valence-electron chi connectivity index (χ2n) is 22.5. The van der Waals surface area contributed by atoms with Crippen LogP contribution in [-0.2, 0) is 69.5 Å². The molecule has 0 saturated heterocycles. The van der Waals surface area contributed by atoms with Crippen molar-refractivity contribution in [2.45, 2.75) is 41.5 Å². The molecule has 2 atom stereocenters. The molecule has 44 nitrogen and oxygen atoms in total. The molecule has 0 radical (unpaired) electrons. The third-order valence-electron chi connectivity index (χ3n) is 15.1. The van der Waals surface area contributed by atoms with Crippen molar-refractivity contribution in [3.05, 3.63) is 194 Å². The van der Waals surface area contributed by atoms with Gasteiger partial charge in [0.05, 0.1) is 77.5 Å². The Balaban J connectivity index is 0.00000413. The predicted octanol–water partition coefficient (Wildman–Crippen LogP) is -11.3. The van der Waals surface area contributed by atoms with E-state index in [1.165, 1.54) is 73.1 Å². The molecule has 0 saturated carbocycles. The molecule has 2 aliphatic rings. The standard InChI is InChI=1S/C62H42N20O24S5.4Na/c83-51-47(49(55(89)90)77-81(51)37-13-17-39(18-14-37)108(95,96)97)75-73-43-27-35(11-21-45(43)110(101,102)103)65-59-67-57(69-61(71-59)79-23-3-5-31(29-79)53(85)86)63-33-7-1-9-41(25-33)107(93,94)42-10-2-8-34(26-42)64-58-68-60(72-62(70-58)80-24-4-6-32(30-80)54(87)88)66-36-12-22-46(111(104,105)106)44(28-36)74-76-48-50(56(91)92)78-82(52(48)84)38-15-19-40(20-16-38)109(98,99)100;;;;/h1-30,47-48H,(H10-2,63,64,65,66,67,68,69,70,71,72,85,86,87,88,89,90,91,92,95,96,97,98,99,100,101,102,103,104,105,106);;;;/q;4*+1/p-4. The van der Waals surface area contributed by atoms with Crippen molar-refractivity contribution in [2.24, 2.45) is 30.7 Å². The van der Waals surface area contributed by atoms with E-state index in [0.29, 0.717) is 10.0 Å². The molecule has 0 fully saturated rings. The number of amides is 2. The van der Waals surface area contributed by atoms with E-state index in [-0.39, 0.29) is 185 Å². The molecule has 53 heteroatoms. The van der Waals surface area contributed by atoms with Gasteiger partial charge in [0.2, 0.25) is 21.9 Å². The summed E-state index contributed by atoms with van der Waals surface area (Å²) in [5.74, 6) is -11.7. The molecule has 2 aliphatic heterocycles. The molecule has 2 amide bonds. The Labute approximate surface area is 734 Å². The van der Waals surface area contributed by atoms with Crippen LogP contribution in [-0.4, -0.2) is 160 Å². The van der Waals surface area contributed by atoms with E-state index < -0.39 is 164 Å². The summed E-state index contributed by atoms with van der Waals surface area (Å²) >= 11 is 0. The second kappa shape index (κ2) is 36.3. The third kappa shape index (κ3) is 21.1. The van der Waals surface area contributed by atoms with E-state index in [9.17, 15) is 109 Å². The Kier molecular flexibility index (Phi) is 28.5. The number of nitrogens with zero attached hydrogens (tertiary/aromatic N) is 16. The number of carboxylic acid groups (broad SMARTS) is 4. The van der Waals surface area contributed by atoms with E-state index in [2.05, 4.69) is 81.8 Å². The SMILES string of the molecule is O=C(O)C1=NN(c2ccc(S(=O)(=O)[O-])cc2)C(=O)C1N=Nc1cc(Nc2nc(Nc3cccc(S(=O)(=O)c4cccc(Nc5nc(Nc6ccc(S(=O)(=O)[O-])c(N=NC7C(=O)N(c8ccc(S(=O)(=O)[O-])cc8)N=C7C(=O)O)c6)nc(-[n+]6cccc(C(=O)[O-])c6)n5)c4)c3)nc(-[n+]3cccc(C(=O)[O-])c3)n2)ccc1S(=O)(=O)[O-].[Na+].[Na+].[Na+].[Na+]. The number of aromatic nitrogens is 8. The largest absolute Gasteiger partial charge is 1.00 e. The maximum atomic E-state index is 14.7. The van der Waals surface area contributed by atoms with Crippen molar-refractivity contribution in [1.29, 1.82) is 0 Å². The molecule has 0 aliphatic carbocycles. The number of carbonyl (C=O) groups excluding carboxylic acids is 4. The van der Waals surface area contributed by atoms with Gasteiger partial charge in [-0.15, -0.1) is 9.97 Å². The van der Waals surface area contributed by atoms with Crippen LogP contribution in [0.4, 0.5) is 69.3 Å². The number of anilines is 10. The van der Waals surface area contributed by atoms with Crippen LogP contribution >= 0.6 is 0 Å². The molecule has 0 spiro atoms. The molecular formula is C62H38N20Na4O24S5. The average molecular weight is 1700 g/mol. The summed E-state index contributed by atoms with van der Waals surface area (Å²) in [4.78, 5) is 97.5. The van der Waals surface area contributed by atoms with E-state index in [4.69, 9.17) is 0 Å². The number of hydrogen-bond acceptors (Lipinski definition) is 38. The number of carboxylic acids is 4. The molecule has 4 aromatic heterocycles. The topological polar surface area (TPSA) is 666 Å². The minimum absolute atomic E-state index is 0. The number of carbonyl (C=O) groups is 6. The molecule has 564 valence electrons. The summed E-state index contributed by atoms with van der Waals surface area (Å²) in [7, 11) is -25.4. The van der Waals surface area contributed by atoms with Crippen molar-refractivity contribution in [3.63, 3.8) is 0 Å². The van der Waals surface area contributed by atoms with Crippen LogP contribution < -0.4 is 169 Å². The summed E-state index contributed by atoms with van der Waals surface area (Å²) in [5, 5.41) is 78.4. The fourth-order valence-corrected chi connectivity index (χ4v) is 13.5. The van der Waals surface area contributed by atoms with E-state index in [1.807, 2.05) is 0 Å². The Morgan fingerprint density at radius 3 is 1.04 bits per heavy atom. The molecule has 0 bridgehead atoms. The summed E-state index contributed by atoms with van der Waals surface area (Å²) < 4.78 is 176. The van der Waals surface area contributed by atoms with Crippen molar-refractivity contribution < 1.29 is 237 Å². The number of aliphatic carboxylic acids is 2. The number of pyridine rings is 2. The van der Waals surface area contributed by atoms with Gasteiger partial charge in [-0.05, 0) is 166 Å². The Morgan fingerprint density at radius 1 is 0.409 bits per heavy atom. The Morgan fingerprint density at radius 2 is 0.739 bits per heavy atom. The van der Waals surface area contributed by atoms with Crippen LogP contribution in [0.25, 0.3) is 11.9 Å². The van der Waals surface area contributed by atoms with E-state index in [0.717, 1.165) is 119 Å². The van der Waals surface area contributed by atoms with Crippen LogP contribution in [0, 0.1) is 0 Å². The van der Waals surface area contributed by atoms with E-state index in [1.54, 1.807) is 0 Å². The quantitative estimate of drug-likeness (QED) is 0.0127. The fraction of sp³-hybridized carbons (Fsp3) is 0.0323. The summed E-state index contributed by atoms with van der Waals surface area (Å²) in [5.41, 5.74) is -5.23. The molecule has 6 N–H and O–H groups in total. The summed E-state index contributed by atoms with van der Waals surface area (Å²) in [6, 6.07) is 23.1. The summed E-state index contributed by atoms with van der Waals surface area (Å²) in [6.45, 7) is 0. The Bertz CT molecular complexity index is 6010. The van der Waals surface area contributed by atoms with Crippen LogP contribution in [0.15, 0.2) is 243 Å². The molecular weight excluding hydrogens is 1660 g/mol. The predicted molar refractivity (Wildman–Crippen MR) is 362 cm³/mol. The van der Waals surface area contributed by atoms with Gasteiger partial charge in [-0.25, -0.2) is 60.8 Å². The van der Waals surface area contributed by atoms with Gasteiger partial charge in [-0.1, -0.05) is 12.1 Å². The Hall–Kier alpha value is -10.2. The normalized spacial score (nSPS) is 14.3. The molecule has 6 heterocycles. The number of rotatable bonds is 26. The van der Waals surface area contributed by atoms with Crippen LogP contribution in [0.3, 0.4) is 0 Å². The zero-order chi connectivity index (χ0) is 79.8. The number of nitrogens with one attached hydrogen (secondary N) is 4. The molecule has 10 aromatic rings. The van der Waals surface area contributed by atoms with Gasteiger partial charge in [0.1, 0.15) is 51.8 Å².